The van der Waals surface area contributed by atoms with Crippen LogP contribution in [-0.4, -0.2) is 17.2 Å². The molecule has 0 unspecified atom stereocenters. The first-order valence-corrected chi connectivity index (χ1v) is 10.6. The Morgan fingerprint density at radius 3 is 2.32 bits per heavy atom. The van der Waals surface area contributed by atoms with Gasteiger partial charge in [-0.3, -0.25) is 0 Å². The number of hydrogen-bond donors (Lipinski definition) is 2. The molecule has 0 aliphatic carbocycles. The number of aryl methyl sites for hydroxylation is 4. The molecule has 0 saturated carbocycles. The van der Waals surface area contributed by atoms with E-state index in [1.807, 2.05) is 80.2 Å². The number of ether oxygens (including phenoxy) is 1. The van der Waals surface area contributed by atoms with Crippen molar-refractivity contribution in [3.8, 4) is 5.75 Å². The van der Waals surface area contributed by atoms with Gasteiger partial charge in [0.2, 0.25) is 0 Å². The van der Waals surface area contributed by atoms with E-state index < -0.39 is 0 Å². The van der Waals surface area contributed by atoms with Crippen molar-refractivity contribution in [3.63, 3.8) is 0 Å². The lowest BCUT2D eigenvalue weighted by Crippen LogP contribution is -2.41. The van der Waals surface area contributed by atoms with Crippen molar-refractivity contribution in [1.29, 1.82) is 0 Å². The number of aliphatic hydroxyl groups is 1. The number of pyridine rings is 1. The number of methoxy groups -OCH3 is 1. The number of benzene rings is 2. The third-order valence-corrected chi connectivity index (χ3v) is 5.69. The molecule has 1 heterocycles. The van der Waals surface area contributed by atoms with Gasteiger partial charge in [-0.05, 0) is 74.2 Å². The van der Waals surface area contributed by atoms with Crippen LogP contribution in [-0.2, 0) is 6.54 Å². The zero-order valence-electron chi connectivity index (χ0n) is 18.7. The first-order chi connectivity index (χ1) is 14.8. The second-order valence-electron chi connectivity index (χ2n) is 7.77. The minimum atomic E-state index is 0.156. The number of aliphatic hydroxyl groups excluding tert-OH is 1. The van der Waals surface area contributed by atoms with Crippen LogP contribution in [0, 0.1) is 27.7 Å². The molecule has 2 N–H and O–H groups in total. The molecule has 0 saturated heterocycles. The number of hydrogen-bond acceptors (Lipinski definition) is 3. The van der Waals surface area contributed by atoms with E-state index >= 15 is 0 Å². The second-order valence-corrected chi connectivity index (χ2v) is 8.18. The molecule has 0 spiro atoms. The molecule has 3 rings (SSSR count). The van der Waals surface area contributed by atoms with Crippen molar-refractivity contribution in [2.75, 3.05) is 7.11 Å². The molecular weight excluding hydrogens is 404 g/mol. The molecule has 0 atom stereocenters. The number of thiocarbonyl (C=S) groups is 1. The standard InChI is InChI=1S/C26H28N2O2S/c1-17-7-6-12-28(16-17)24(25(29)23-14-19(3)18(2)13-20(23)4)26(31)27-15-21-8-10-22(30-5)11-9-21/h6-14,16H,15H2,1-5H3,(H-,27,29,31)/p+1. The molecule has 0 amide bonds. The Bertz CT molecular complexity index is 1130. The van der Waals surface area contributed by atoms with Crippen molar-refractivity contribution in [2.24, 2.45) is 0 Å². The van der Waals surface area contributed by atoms with Crippen LogP contribution < -0.4 is 14.6 Å². The zero-order chi connectivity index (χ0) is 22.5. The maximum atomic E-state index is 11.4. The van der Waals surface area contributed by atoms with Gasteiger partial charge in [0, 0.05) is 23.7 Å². The van der Waals surface area contributed by atoms with E-state index in [2.05, 4.69) is 18.3 Å². The number of nitrogens with zero attached hydrogens (tertiary/aromatic N) is 1. The van der Waals surface area contributed by atoms with Crippen LogP contribution in [0.25, 0.3) is 11.5 Å². The molecule has 0 aliphatic heterocycles. The molecule has 0 aliphatic rings. The topological polar surface area (TPSA) is 45.4 Å². The van der Waals surface area contributed by atoms with Gasteiger partial charge in [-0.1, -0.05) is 30.4 Å². The van der Waals surface area contributed by atoms with Gasteiger partial charge in [-0.2, -0.15) is 4.57 Å². The molecule has 31 heavy (non-hydrogen) atoms. The minimum Gasteiger partial charge on any atom is -0.502 e. The molecule has 5 heteroatoms. The van der Waals surface area contributed by atoms with Crippen molar-refractivity contribution in [1.82, 2.24) is 5.32 Å². The molecule has 2 aromatic carbocycles. The van der Waals surface area contributed by atoms with Crippen molar-refractivity contribution < 1.29 is 14.4 Å². The summed E-state index contributed by atoms with van der Waals surface area (Å²) < 4.78 is 7.10. The Morgan fingerprint density at radius 2 is 1.68 bits per heavy atom. The van der Waals surface area contributed by atoms with E-state index in [-0.39, 0.29) is 5.76 Å². The van der Waals surface area contributed by atoms with E-state index in [9.17, 15) is 5.11 Å². The van der Waals surface area contributed by atoms with Crippen molar-refractivity contribution >= 4 is 28.7 Å². The number of aromatic nitrogens is 1. The normalized spacial score (nSPS) is 11.6. The van der Waals surface area contributed by atoms with Gasteiger partial charge in [-0.25, -0.2) is 0 Å². The van der Waals surface area contributed by atoms with Gasteiger partial charge >= 0.3 is 0 Å². The summed E-state index contributed by atoms with van der Waals surface area (Å²) in [6.07, 6.45) is 3.86. The predicted octanol–water partition coefficient (Wildman–Crippen LogP) is 5.22. The Kier molecular flexibility index (Phi) is 7.08. The third kappa shape index (κ3) is 5.30. The SMILES string of the molecule is COc1ccc(CNC(=S)C(=C(O)c2cc(C)c(C)cc2C)[n+]2cccc(C)c2)cc1. The molecule has 0 fully saturated rings. The summed E-state index contributed by atoms with van der Waals surface area (Å²) in [5.74, 6) is 0.966. The highest BCUT2D eigenvalue weighted by molar-refractivity contribution is 7.81. The van der Waals surface area contributed by atoms with Crippen LogP contribution in [0.1, 0.15) is 33.4 Å². The van der Waals surface area contributed by atoms with Gasteiger partial charge in [0.25, 0.3) is 5.70 Å². The van der Waals surface area contributed by atoms with Gasteiger partial charge in [0.1, 0.15) is 5.75 Å². The van der Waals surface area contributed by atoms with E-state index in [1.54, 1.807) is 7.11 Å². The van der Waals surface area contributed by atoms with Gasteiger partial charge in [-0.15, -0.1) is 0 Å². The fourth-order valence-corrected chi connectivity index (χ4v) is 3.71. The van der Waals surface area contributed by atoms with Crippen molar-refractivity contribution in [2.45, 2.75) is 34.2 Å². The predicted molar refractivity (Wildman–Crippen MR) is 130 cm³/mol. The Balaban J connectivity index is 2.01. The quantitative estimate of drug-likeness (QED) is 0.242. The smallest absolute Gasteiger partial charge is 0.288 e. The van der Waals surface area contributed by atoms with Gasteiger partial charge < -0.3 is 15.2 Å². The Morgan fingerprint density at radius 1 is 1.00 bits per heavy atom. The van der Waals surface area contributed by atoms with E-state index in [1.165, 1.54) is 5.56 Å². The van der Waals surface area contributed by atoms with Crippen LogP contribution in [0.5, 0.6) is 5.75 Å². The summed E-state index contributed by atoms with van der Waals surface area (Å²) >= 11 is 5.75. The summed E-state index contributed by atoms with van der Waals surface area (Å²) in [7, 11) is 1.65. The fraction of sp³-hybridized carbons (Fsp3) is 0.231. The molecule has 0 radical (unpaired) electrons. The Hall–Kier alpha value is -3.18. The van der Waals surface area contributed by atoms with Crippen LogP contribution in [0.4, 0.5) is 0 Å². The molecule has 1 aromatic heterocycles. The summed E-state index contributed by atoms with van der Waals surface area (Å²) in [6.45, 7) is 8.68. The number of rotatable bonds is 6. The highest BCUT2D eigenvalue weighted by Crippen LogP contribution is 2.24. The highest BCUT2D eigenvalue weighted by atomic mass is 32.1. The third-order valence-electron chi connectivity index (χ3n) is 5.35. The first kappa shape index (κ1) is 22.5. The second kappa shape index (κ2) is 9.75. The summed E-state index contributed by atoms with van der Waals surface area (Å²) in [5, 5.41) is 14.7. The van der Waals surface area contributed by atoms with Gasteiger partial charge in [0.15, 0.2) is 23.1 Å². The highest BCUT2D eigenvalue weighted by Gasteiger charge is 2.25. The lowest BCUT2D eigenvalue weighted by Gasteiger charge is -2.13. The maximum Gasteiger partial charge on any atom is 0.288 e. The minimum absolute atomic E-state index is 0.156. The fourth-order valence-electron chi connectivity index (χ4n) is 3.43. The first-order valence-electron chi connectivity index (χ1n) is 10.2. The monoisotopic (exact) mass is 433 g/mol. The lowest BCUT2D eigenvalue weighted by molar-refractivity contribution is -0.576. The van der Waals surface area contributed by atoms with Crippen LogP contribution in [0.3, 0.4) is 0 Å². The summed E-state index contributed by atoms with van der Waals surface area (Å²) in [6, 6.07) is 15.9. The average molecular weight is 434 g/mol. The van der Waals surface area contributed by atoms with E-state index in [4.69, 9.17) is 17.0 Å². The summed E-state index contributed by atoms with van der Waals surface area (Å²) in [5.41, 5.74) is 6.79. The largest absolute Gasteiger partial charge is 0.502 e. The number of nitrogens with one attached hydrogen (secondary N) is 1. The van der Waals surface area contributed by atoms with Crippen LogP contribution >= 0.6 is 12.2 Å². The lowest BCUT2D eigenvalue weighted by atomic mass is 9.98. The average Bonchev–Trinajstić information content (AvgIpc) is 2.75. The van der Waals surface area contributed by atoms with E-state index in [0.717, 1.165) is 33.6 Å². The van der Waals surface area contributed by atoms with Crippen LogP contribution in [0.15, 0.2) is 60.9 Å². The van der Waals surface area contributed by atoms with E-state index in [0.29, 0.717) is 17.2 Å². The van der Waals surface area contributed by atoms with Gasteiger partial charge in [0.05, 0.1) is 7.11 Å². The maximum absolute atomic E-state index is 11.4. The molecular formula is C26H29N2O2S+. The molecule has 3 aromatic rings. The van der Waals surface area contributed by atoms with Crippen LogP contribution in [0.2, 0.25) is 0 Å². The molecule has 160 valence electrons. The molecule has 0 bridgehead atoms. The zero-order valence-corrected chi connectivity index (χ0v) is 19.5. The molecule has 4 nitrogen and oxygen atoms in total. The summed E-state index contributed by atoms with van der Waals surface area (Å²) in [4.78, 5) is 0.474. The Labute approximate surface area is 189 Å². The van der Waals surface area contributed by atoms with Crippen molar-refractivity contribution in [3.05, 3.63) is 94.3 Å².